The summed E-state index contributed by atoms with van der Waals surface area (Å²) in [5.74, 6) is 0.697. The molecule has 0 saturated heterocycles. The molecule has 6 nitrogen and oxygen atoms in total. The van der Waals surface area contributed by atoms with Gasteiger partial charge in [-0.25, -0.2) is 0 Å². The summed E-state index contributed by atoms with van der Waals surface area (Å²) in [5, 5.41) is 3.31. The molecule has 112 valence electrons. The van der Waals surface area contributed by atoms with Crippen LogP contribution in [0.25, 0.3) is 0 Å². The lowest BCUT2D eigenvalue weighted by Gasteiger charge is -2.27. The molecule has 1 saturated carbocycles. The SMILES string of the molecule is CCC1(CNc2nc(N)nc(OC(C)C)n2)CCCC1. The van der Waals surface area contributed by atoms with Crippen LogP contribution in [0.5, 0.6) is 6.01 Å². The molecular formula is C14H25N5O. The number of nitrogens with two attached hydrogens (primary N) is 1. The van der Waals surface area contributed by atoms with E-state index in [1.165, 1.54) is 32.1 Å². The van der Waals surface area contributed by atoms with Crippen molar-refractivity contribution in [3.05, 3.63) is 0 Å². The first-order valence-electron chi connectivity index (χ1n) is 7.45. The molecule has 6 heteroatoms. The summed E-state index contributed by atoms with van der Waals surface area (Å²) in [4.78, 5) is 12.4. The van der Waals surface area contributed by atoms with Gasteiger partial charge in [-0.3, -0.25) is 0 Å². The smallest absolute Gasteiger partial charge is 0.323 e. The van der Waals surface area contributed by atoms with Crippen LogP contribution >= 0.6 is 0 Å². The Morgan fingerprint density at radius 1 is 1.25 bits per heavy atom. The first-order chi connectivity index (χ1) is 9.53. The number of nitrogen functional groups attached to an aromatic ring is 1. The highest BCUT2D eigenvalue weighted by Gasteiger charge is 2.31. The third-order valence-corrected chi connectivity index (χ3v) is 4.01. The minimum atomic E-state index is 0.0152. The van der Waals surface area contributed by atoms with Crippen LogP contribution < -0.4 is 15.8 Å². The monoisotopic (exact) mass is 279 g/mol. The van der Waals surface area contributed by atoms with Crippen molar-refractivity contribution in [3.8, 4) is 6.01 Å². The Morgan fingerprint density at radius 3 is 2.55 bits per heavy atom. The average Bonchev–Trinajstić information content (AvgIpc) is 2.84. The summed E-state index contributed by atoms with van der Waals surface area (Å²) in [5.41, 5.74) is 6.08. The Kier molecular flexibility index (Phi) is 4.62. The van der Waals surface area contributed by atoms with Crippen molar-refractivity contribution < 1.29 is 4.74 Å². The van der Waals surface area contributed by atoms with Crippen molar-refractivity contribution in [2.24, 2.45) is 5.41 Å². The molecule has 0 atom stereocenters. The van der Waals surface area contributed by atoms with E-state index in [0.717, 1.165) is 6.54 Å². The van der Waals surface area contributed by atoms with Gasteiger partial charge in [0, 0.05) is 6.54 Å². The fourth-order valence-corrected chi connectivity index (χ4v) is 2.76. The lowest BCUT2D eigenvalue weighted by Crippen LogP contribution is -2.27. The predicted molar refractivity (Wildman–Crippen MR) is 79.7 cm³/mol. The minimum Gasteiger partial charge on any atom is -0.461 e. The summed E-state index contributed by atoms with van der Waals surface area (Å²) < 4.78 is 5.48. The molecule has 0 amide bonds. The molecule has 1 heterocycles. The molecule has 2 rings (SSSR count). The number of ether oxygens (including phenoxy) is 1. The topological polar surface area (TPSA) is 86.0 Å². The van der Waals surface area contributed by atoms with Gasteiger partial charge in [0.25, 0.3) is 0 Å². The van der Waals surface area contributed by atoms with E-state index in [2.05, 4.69) is 27.2 Å². The standard InChI is InChI=1S/C14H25N5O/c1-4-14(7-5-6-8-14)9-16-12-17-11(15)18-13(19-12)20-10(2)3/h10H,4-9H2,1-3H3,(H3,15,16,17,18,19). The molecule has 1 aromatic heterocycles. The molecule has 1 aromatic rings. The van der Waals surface area contributed by atoms with E-state index in [9.17, 15) is 0 Å². The normalized spacial score (nSPS) is 17.4. The molecule has 0 unspecified atom stereocenters. The van der Waals surface area contributed by atoms with Gasteiger partial charge in [-0.2, -0.15) is 15.0 Å². The van der Waals surface area contributed by atoms with Gasteiger partial charge >= 0.3 is 6.01 Å². The molecule has 20 heavy (non-hydrogen) atoms. The lowest BCUT2D eigenvalue weighted by molar-refractivity contribution is 0.222. The van der Waals surface area contributed by atoms with Crippen LogP contribution in [0, 0.1) is 5.41 Å². The zero-order valence-corrected chi connectivity index (χ0v) is 12.6. The maximum atomic E-state index is 5.70. The molecule has 3 N–H and O–H groups in total. The van der Waals surface area contributed by atoms with Gasteiger partial charge in [0.15, 0.2) is 0 Å². The van der Waals surface area contributed by atoms with Crippen molar-refractivity contribution in [1.29, 1.82) is 0 Å². The second-order valence-electron chi connectivity index (χ2n) is 5.88. The molecule has 0 aromatic carbocycles. The van der Waals surface area contributed by atoms with E-state index in [1.807, 2.05) is 13.8 Å². The van der Waals surface area contributed by atoms with Crippen LogP contribution in [0.1, 0.15) is 52.9 Å². The van der Waals surface area contributed by atoms with Gasteiger partial charge in [0.05, 0.1) is 6.10 Å². The van der Waals surface area contributed by atoms with E-state index >= 15 is 0 Å². The van der Waals surface area contributed by atoms with Crippen molar-refractivity contribution in [2.45, 2.75) is 59.0 Å². The van der Waals surface area contributed by atoms with Crippen LogP contribution in [0.2, 0.25) is 0 Å². The molecule has 0 bridgehead atoms. The van der Waals surface area contributed by atoms with Crippen LogP contribution in [0.15, 0.2) is 0 Å². The first-order valence-corrected chi connectivity index (χ1v) is 7.45. The second kappa shape index (κ2) is 6.24. The Bertz CT molecular complexity index is 443. The van der Waals surface area contributed by atoms with Gasteiger partial charge in [-0.1, -0.05) is 19.8 Å². The van der Waals surface area contributed by atoms with Crippen LogP contribution in [-0.2, 0) is 0 Å². The van der Waals surface area contributed by atoms with Crippen LogP contribution in [-0.4, -0.2) is 27.6 Å². The average molecular weight is 279 g/mol. The quantitative estimate of drug-likeness (QED) is 0.832. The Morgan fingerprint density at radius 2 is 1.95 bits per heavy atom. The third-order valence-electron chi connectivity index (χ3n) is 4.01. The lowest BCUT2D eigenvalue weighted by atomic mass is 9.83. The zero-order valence-electron chi connectivity index (χ0n) is 12.6. The number of hydrogen-bond donors (Lipinski definition) is 2. The van der Waals surface area contributed by atoms with Crippen molar-refractivity contribution >= 4 is 11.9 Å². The fraction of sp³-hybridized carbons (Fsp3) is 0.786. The maximum absolute atomic E-state index is 5.70. The van der Waals surface area contributed by atoms with E-state index in [-0.39, 0.29) is 18.1 Å². The zero-order chi connectivity index (χ0) is 14.6. The molecule has 0 spiro atoms. The summed E-state index contributed by atoms with van der Waals surface area (Å²) in [7, 11) is 0. The summed E-state index contributed by atoms with van der Waals surface area (Å²) in [6.07, 6.45) is 6.36. The minimum absolute atomic E-state index is 0.0152. The summed E-state index contributed by atoms with van der Waals surface area (Å²) >= 11 is 0. The maximum Gasteiger partial charge on any atom is 0.323 e. The van der Waals surface area contributed by atoms with Gasteiger partial charge < -0.3 is 15.8 Å². The van der Waals surface area contributed by atoms with Crippen LogP contribution in [0.3, 0.4) is 0 Å². The number of hydrogen-bond acceptors (Lipinski definition) is 6. The number of anilines is 2. The predicted octanol–water partition coefficient (Wildman–Crippen LogP) is 2.62. The highest BCUT2D eigenvalue weighted by molar-refractivity contribution is 5.33. The number of nitrogens with one attached hydrogen (secondary N) is 1. The molecule has 0 aliphatic heterocycles. The highest BCUT2D eigenvalue weighted by Crippen LogP contribution is 2.40. The molecule has 0 radical (unpaired) electrons. The van der Waals surface area contributed by atoms with E-state index in [4.69, 9.17) is 10.5 Å². The van der Waals surface area contributed by atoms with Crippen molar-refractivity contribution in [1.82, 2.24) is 15.0 Å². The summed E-state index contributed by atoms with van der Waals surface area (Å²) in [6.45, 7) is 6.99. The van der Waals surface area contributed by atoms with E-state index in [0.29, 0.717) is 11.4 Å². The van der Waals surface area contributed by atoms with Crippen molar-refractivity contribution in [2.75, 3.05) is 17.6 Å². The van der Waals surface area contributed by atoms with Gasteiger partial charge in [0.1, 0.15) is 0 Å². The Hall–Kier alpha value is -1.59. The summed E-state index contributed by atoms with van der Waals surface area (Å²) in [6, 6.07) is 0.284. The molecule has 1 fully saturated rings. The Labute approximate surface area is 120 Å². The second-order valence-corrected chi connectivity index (χ2v) is 5.88. The van der Waals surface area contributed by atoms with E-state index < -0.39 is 0 Å². The van der Waals surface area contributed by atoms with Crippen molar-refractivity contribution in [3.63, 3.8) is 0 Å². The van der Waals surface area contributed by atoms with Gasteiger partial charge in [-0.05, 0) is 38.5 Å². The Balaban J connectivity index is 2.03. The van der Waals surface area contributed by atoms with Crippen LogP contribution in [0.4, 0.5) is 11.9 Å². The molecule has 1 aliphatic carbocycles. The molecule has 1 aliphatic rings. The van der Waals surface area contributed by atoms with E-state index in [1.54, 1.807) is 0 Å². The number of aromatic nitrogens is 3. The third kappa shape index (κ3) is 3.71. The largest absolute Gasteiger partial charge is 0.461 e. The molecular weight excluding hydrogens is 254 g/mol. The number of nitrogens with zero attached hydrogens (tertiary/aromatic N) is 3. The first kappa shape index (κ1) is 14.8. The van der Waals surface area contributed by atoms with Gasteiger partial charge in [0.2, 0.25) is 11.9 Å². The highest BCUT2D eigenvalue weighted by atomic mass is 16.5. The number of rotatable bonds is 6. The van der Waals surface area contributed by atoms with Gasteiger partial charge in [-0.15, -0.1) is 0 Å². The fourth-order valence-electron chi connectivity index (χ4n) is 2.76.